The molecule has 1 saturated heterocycles. The van der Waals surface area contributed by atoms with Crippen LogP contribution in [0.1, 0.15) is 34.9 Å². The first-order chi connectivity index (χ1) is 14.0. The third-order valence-corrected chi connectivity index (χ3v) is 5.08. The first kappa shape index (κ1) is 18.9. The fourth-order valence-electron chi connectivity index (χ4n) is 3.51. The Kier molecular flexibility index (Phi) is 5.12. The number of nitrogens with one attached hydrogen (secondary N) is 1. The van der Waals surface area contributed by atoms with E-state index in [2.05, 4.69) is 15.5 Å². The quantitative estimate of drug-likeness (QED) is 0.721. The Labute approximate surface area is 168 Å². The van der Waals surface area contributed by atoms with Gasteiger partial charge < -0.3 is 9.32 Å². The molecule has 2 amide bonds. The maximum atomic E-state index is 12.4. The van der Waals surface area contributed by atoms with Crippen LogP contribution in [0, 0.1) is 13.8 Å². The molecule has 2 aromatic carbocycles. The molecule has 0 aliphatic carbocycles. The molecule has 0 bridgehead atoms. The van der Waals surface area contributed by atoms with Crippen LogP contribution in [0.25, 0.3) is 0 Å². The lowest BCUT2D eigenvalue weighted by Gasteiger charge is -2.15. The Bertz CT molecular complexity index is 1050. The highest BCUT2D eigenvalue weighted by Crippen LogP contribution is 2.31. The lowest BCUT2D eigenvalue weighted by Crippen LogP contribution is -2.24. The fourth-order valence-corrected chi connectivity index (χ4v) is 3.51. The van der Waals surface area contributed by atoms with Gasteiger partial charge in [0, 0.05) is 18.7 Å². The van der Waals surface area contributed by atoms with Gasteiger partial charge in [-0.2, -0.15) is 0 Å². The molecule has 4 rings (SSSR count). The standard InChI is InChI=1S/C22H22N4O3/c1-14-8-9-15(2)16(10-14)11-19(27)23-22-25-24-21(29-22)17-12-20(28)26(13-17)18-6-4-3-5-7-18/h3-10,17H,11-13H2,1-2H3,(H,23,25,27). The summed E-state index contributed by atoms with van der Waals surface area (Å²) in [5, 5.41) is 10.6. The van der Waals surface area contributed by atoms with Crippen molar-refractivity contribution in [2.45, 2.75) is 32.6 Å². The van der Waals surface area contributed by atoms with E-state index in [4.69, 9.17) is 4.42 Å². The minimum atomic E-state index is -0.220. The number of nitrogens with zero attached hydrogens (tertiary/aromatic N) is 3. The van der Waals surface area contributed by atoms with Gasteiger partial charge in [0.15, 0.2) is 0 Å². The molecule has 0 saturated carbocycles. The Morgan fingerprint density at radius 2 is 1.97 bits per heavy atom. The van der Waals surface area contributed by atoms with Gasteiger partial charge in [-0.25, -0.2) is 0 Å². The van der Waals surface area contributed by atoms with Crippen LogP contribution in [0.3, 0.4) is 0 Å². The van der Waals surface area contributed by atoms with E-state index >= 15 is 0 Å². The predicted octanol–water partition coefficient (Wildman–Crippen LogP) is 3.39. The minimum absolute atomic E-state index is 0.0138. The summed E-state index contributed by atoms with van der Waals surface area (Å²) in [6, 6.07) is 15.6. The topological polar surface area (TPSA) is 88.3 Å². The Hall–Kier alpha value is -3.48. The monoisotopic (exact) mass is 390 g/mol. The largest absolute Gasteiger partial charge is 0.407 e. The van der Waals surface area contributed by atoms with Crippen molar-refractivity contribution >= 4 is 23.5 Å². The lowest BCUT2D eigenvalue weighted by molar-refractivity contribution is -0.117. The summed E-state index contributed by atoms with van der Waals surface area (Å²) in [7, 11) is 0. The molecule has 1 aliphatic heterocycles. The molecule has 7 nitrogen and oxygen atoms in total. The Morgan fingerprint density at radius 3 is 2.76 bits per heavy atom. The SMILES string of the molecule is Cc1ccc(C)c(CC(=O)Nc2nnc(C3CC(=O)N(c4ccccc4)C3)o2)c1. The summed E-state index contributed by atoms with van der Waals surface area (Å²) < 4.78 is 5.63. The van der Waals surface area contributed by atoms with E-state index < -0.39 is 0 Å². The number of anilines is 2. The van der Waals surface area contributed by atoms with Crippen molar-refractivity contribution in [3.05, 3.63) is 71.1 Å². The zero-order chi connectivity index (χ0) is 20.4. The third kappa shape index (κ3) is 4.18. The van der Waals surface area contributed by atoms with Crippen LogP contribution >= 0.6 is 0 Å². The molecule has 3 aromatic rings. The van der Waals surface area contributed by atoms with Crippen LogP contribution in [-0.4, -0.2) is 28.6 Å². The molecule has 148 valence electrons. The predicted molar refractivity (Wildman–Crippen MR) is 109 cm³/mol. The van der Waals surface area contributed by atoms with Crippen molar-refractivity contribution in [3.8, 4) is 0 Å². The van der Waals surface area contributed by atoms with E-state index in [9.17, 15) is 9.59 Å². The molecule has 1 N–H and O–H groups in total. The number of aryl methyl sites for hydroxylation is 2. The van der Waals surface area contributed by atoms with E-state index in [1.54, 1.807) is 4.90 Å². The van der Waals surface area contributed by atoms with Gasteiger partial charge >= 0.3 is 6.01 Å². The highest BCUT2D eigenvalue weighted by molar-refractivity contribution is 5.96. The number of carbonyl (C=O) groups is 2. The van der Waals surface area contributed by atoms with Crippen molar-refractivity contribution in [3.63, 3.8) is 0 Å². The minimum Gasteiger partial charge on any atom is -0.407 e. The van der Waals surface area contributed by atoms with E-state index in [1.165, 1.54) is 0 Å². The summed E-state index contributed by atoms with van der Waals surface area (Å²) in [6.07, 6.45) is 0.530. The molecule has 1 aliphatic rings. The molecule has 1 fully saturated rings. The molecular weight excluding hydrogens is 368 g/mol. The van der Waals surface area contributed by atoms with Gasteiger partial charge in [-0.3, -0.25) is 14.9 Å². The average Bonchev–Trinajstić information content (AvgIpc) is 3.32. The Morgan fingerprint density at radius 1 is 1.17 bits per heavy atom. The van der Waals surface area contributed by atoms with Crippen LogP contribution in [-0.2, 0) is 16.0 Å². The second-order valence-electron chi connectivity index (χ2n) is 7.34. The molecular formula is C22H22N4O3. The van der Waals surface area contributed by atoms with Crippen molar-refractivity contribution < 1.29 is 14.0 Å². The van der Waals surface area contributed by atoms with E-state index in [0.29, 0.717) is 18.9 Å². The van der Waals surface area contributed by atoms with Gasteiger partial charge in [-0.15, -0.1) is 5.10 Å². The number of benzene rings is 2. The molecule has 1 aromatic heterocycles. The number of para-hydroxylation sites is 1. The van der Waals surface area contributed by atoms with Gasteiger partial charge in [0.25, 0.3) is 0 Å². The smallest absolute Gasteiger partial charge is 0.322 e. The lowest BCUT2D eigenvalue weighted by atomic mass is 10.0. The number of amides is 2. The second-order valence-corrected chi connectivity index (χ2v) is 7.34. The van der Waals surface area contributed by atoms with Gasteiger partial charge in [0.1, 0.15) is 0 Å². The number of rotatable bonds is 5. The Balaban J connectivity index is 1.40. The number of hydrogen-bond acceptors (Lipinski definition) is 5. The van der Waals surface area contributed by atoms with E-state index in [-0.39, 0.29) is 30.2 Å². The molecule has 1 unspecified atom stereocenters. The van der Waals surface area contributed by atoms with Crippen LogP contribution in [0.4, 0.5) is 11.7 Å². The third-order valence-electron chi connectivity index (χ3n) is 5.08. The summed E-state index contributed by atoms with van der Waals surface area (Å²) >= 11 is 0. The molecule has 2 heterocycles. The second kappa shape index (κ2) is 7.87. The molecule has 0 spiro atoms. The van der Waals surface area contributed by atoms with Crippen molar-refractivity contribution in [2.75, 3.05) is 16.8 Å². The van der Waals surface area contributed by atoms with Crippen molar-refractivity contribution in [2.24, 2.45) is 0 Å². The summed E-state index contributed by atoms with van der Waals surface area (Å²) in [6.45, 7) is 4.44. The highest BCUT2D eigenvalue weighted by Gasteiger charge is 2.35. The molecule has 1 atom stereocenters. The van der Waals surface area contributed by atoms with Crippen LogP contribution in [0.2, 0.25) is 0 Å². The van der Waals surface area contributed by atoms with Crippen LogP contribution in [0.5, 0.6) is 0 Å². The first-order valence-corrected chi connectivity index (χ1v) is 9.54. The number of carbonyl (C=O) groups excluding carboxylic acids is 2. The highest BCUT2D eigenvalue weighted by atomic mass is 16.4. The maximum Gasteiger partial charge on any atom is 0.322 e. The van der Waals surface area contributed by atoms with Crippen LogP contribution in [0.15, 0.2) is 52.9 Å². The van der Waals surface area contributed by atoms with Crippen LogP contribution < -0.4 is 10.2 Å². The normalized spacial score (nSPS) is 16.3. The van der Waals surface area contributed by atoms with Gasteiger partial charge in [0.05, 0.1) is 12.3 Å². The van der Waals surface area contributed by atoms with Crippen molar-refractivity contribution in [1.29, 1.82) is 0 Å². The summed E-state index contributed by atoms with van der Waals surface area (Å²) in [5.41, 5.74) is 3.97. The maximum absolute atomic E-state index is 12.4. The first-order valence-electron chi connectivity index (χ1n) is 9.54. The van der Waals surface area contributed by atoms with E-state index in [1.807, 2.05) is 62.4 Å². The van der Waals surface area contributed by atoms with E-state index in [0.717, 1.165) is 22.4 Å². The summed E-state index contributed by atoms with van der Waals surface area (Å²) in [4.78, 5) is 26.5. The summed E-state index contributed by atoms with van der Waals surface area (Å²) in [5.74, 6) is -0.0408. The number of aromatic nitrogens is 2. The van der Waals surface area contributed by atoms with Crippen molar-refractivity contribution in [1.82, 2.24) is 10.2 Å². The average molecular weight is 390 g/mol. The molecule has 0 radical (unpaired) electrons. The zero-order valence-corrected chi connectivity index (χ0v) is 16.4. The van der Waals surface area contributed by atoms with Gasteiger partial charge in [-0.1, -0.05) is 47.1 Å². The fraction of sp³-hybridized carbons (Fsp3) is 0.273. The van der Waals surface area contributed by atoms with Gasteiger partial charge in [-0.05, 0) is 37.1 Å². The van der Waals surface area contributed by atoms with Gasteiger partial charge in [0.2, 0.25) is 17.7 Å². The zero-order valence-electron chi connectivity index (χ0n) is 16.4. The molecule has 7 heteroatoms. The number of hydrogen-bond donors (Lipinski definition) is 1. The molecule has 29 heavy (non-hydrogen) atoms.